The van der Waals surface area contributed by atoms with Crippen molar-refractivity contribution < 1.29 is 5.11 Å². The van der Waals surface area contributed by atoms with E-state index < -0.39 is 0 Å². The summed E-state index contributed by atoms with van der Waals surface area (Å²) in [6, 6.07) is 0. The maximum Gasteiger partial charge on any atom is 0.0667 e. The van der Waals surface area contributed by atoms with Crippen LogP contribution < -0.4 is 0 Å². The minimum absolute atomic E-state index is 0.106. The van der Waals surface area contributed by atoms with Crippen molar-refractivity contribution in [2.45, 2.75) is 31.8 Å². The van der Waals surface area contributed by atoms with E-state index in [2.05, 4.69) is 0 Å². The zero-order chi connectivity index (χ0) is 8.27. The van der Waals surface area contributed by atoms with E-state index in [-0.39, 0.29) is 6.10 Å². The second kappa shape index (κ2) is 4.07. The molecular formula is C9H19NO. The summed E-state index contributed by atoms with van der Waals surface area (Å²) >= 11 is 0. The van der Waals surface area contributed by atoms with E-state index in [0.29, 0.717) is 0 Å². The van der Waals surface area contributed by atoms with Gasteiger partial charge in [-0.1, -0.05) is 12.8 Å². The fourth-order valence-corrected chi connectivity index (χ4v) is 1.35. The minimum atomic E-state index is -0.106. The molecule has 1 N–H and O–H groups in total. The first-order valence-corrected chi connectivity index (χ1v) is 4.51. The van der Waals surface area contributed by atoms with Gasteiger partial charge in [0.2, 0.25) is 0 Å². The van der Waals surface area contributed by atoms with Gasteiger partial charge >= 0.3 is 0 Å². The monoisotopic (exact) mass is 157 g/mol. The molecule has 1 unspecified atom stereocenters. The van der Waals surface area contributed by atoms with Crippen LogP contribution in [0, 0.1) is 5.92 Å². The van der Waals surface area contributed by atoms with Crippen LogP contribution in [-0.2, 0) is 0 Å². The first-order valence-electron chi connectivity index (χ1n) is 4.51. The molecular weight excluding hydrogens is 138 g/mol. The summed E-state index contributed by atoms with van der Waals surface area (Å²) in [4.78, 5) is 2.04. The highest BCUT2D eigenvalue weighted by Crippen LogP contribution is 2.33. The van der Waals surface area contributed by atoms with Crippen molar-refractivity contribution in [1.29, 1.82) is 0 Å². The number of hydrogen-bond acceptors (Lipinski definition) is 2. The predicted molar refractivity (Wildman–Crippen MR) is 46.5 cm³/mol. The van der Waals surface area contributed by atoms with Crippen LogP contribution >= 0.6 is 0 Å². The van der Waals surface area contributed by atoms with Crippen molar-refractivity contribution in [2.24, 2.45) is 5.92 Å². The van der Waals surface area contributed by atoms with Crippen LogP contribution in [-0.4, -0.2) is 36.8 Å². The number of likely N-dealkylation sites (N-methyl/N-ethyl adjacent to an activating group) is 1. The molecule has 2 heteroatoms. The average Bonchev–Trinajstić information content (AvgIpc) is 2.63. The molecule has 0 spiro atoms. The van der Waals surface area contributed by atoms with E-state index in [1.165, 1.54) is 19.3 Å². The zero-order valence-corrected chi connectivity index (χ0v) is 7.58. The predicted octanol–water partition coefficient (Wildman–Crippen LogP) is 1.10. The Balaban J connectivity index is 1.95. The van der Waals surface area contributed by atoms with E-state index >= 15 is 0 Å². The molecule has 1 saturated carbocycles. The fraction of sp³-hybridized carbons (Fsp3) is 1.00. The summed E-state index contributed by atoms with van der Waals surface area (Å²) in [6.07, 6.45) is 4.91. The number of hydrogen-bond donors (Lipinski definition) is 1. The summed E-state index contributed by atoms with van der Waals surface area (Å²) in [5, 5.41) is 9.45. The summed E-state index contributed by atoms with van der Waals surface area (Å²) in [5.41, 5.74) is 0. The molecule has 1 aliphatic rings. The summed E-state index contributed by atoms with van der Waals surface area (Å²) in [6.45, 7) is 0.812. The highest BCUT2D eigenvalue weighted by Gasteiger charge is 2.21. The van der Waals surface area contributed by atoms with Crippen molar-refractivity contribution in [1.82, 2.24) is 4.90 Å². The first kappa shape index (κ1) is 9.01. The van der Waals surface area contributed by atoms with Crippen LogP contribution in [0.2, 0.25) is 0 Å². The van der Waals surface area contributed by atoms with Crippen molar-refractivity contribution in [3.8, 4) is 0 Å². The maximum atomic E-state index is 9.45. The molecule has 0 aromatic heterocycles. The van der Waals surface area contributed by atoms with Gasteiger partial charge in [-0.25, -0.2) is 0 Å². The average molecular weight is 157 g/mol. The standard InChI is InChI=1S/C9H19NO/c1-10(2)7-9(11)6-5-8-3-4-8/h8-9,11H,3-7H2,1-2H3. The Bertz CT molecular complexity index is 110. The van der Waals surface area contributed by atoms with Gasteiger partial charge in [0.05, 0.1) is 6.10 Å². The third-order valence-electron chi connectivity index (χ3n) is 2.18. The molecule has 0 amide bonds. The zero-order valence-electron chi connectivity index (χ0n) is 7.58. The first-order chi connectivity index (χ1) is 5.18. The summed E-state index contributed by atoms with van der Waals surface area (Å²) < 4.78 is 0. The van der Waals surface area contributed by atoms with E-state index in [9.17, 15) is 5.11 Å². The van der Waals surface area contributed by atoms with Gasteiger partial charge < -0.3 is 10.0 Å². The topological polar surface area (TPSA) is 23.5 Å². The molecule has 1 atom stereocenters. The normalized spacial score (nSPS) is 20.7. The van der Waals surface area contributed by atoms with Crippen molar-refractivity contribution in [2.75, 3.05) is 20.6 Å². The number of nitrogens with zero attached hydrogens (tertiary/aromatic N) is 1. The molecule has 0 bridgehead atoms. The van der Waals surface area contributed by atoms with Crippen LogP contribution in [0.3, 0.4) is 0 Å². The Morgan fingerprint density at radius 1 is 1.45 bits per heavy atom. The van der Waals surface area contributed by atoms with Crippen molar-refractivity contribution in [3.63, 3.8) is 0 Å². The van der Waals surface area contributed by atoms with Gasteiger partial charge in [0, 0.05) is 6.54 Å². The molecule has 0 heterocycles. The molecule has 2 nitrogen and oxygen atoms in total. The highest BCUT2D eigenvalue weighted by molar-refractivity contribution is 4.74. The molecule has 0 aromatic carbocycles. The number of rotatable bonds is 5. The number of aliphatic hydroxyl groups excluding tert-OH is 1. The molecule has 1 aliphatic carbocycles. The SMILES string of the molecule is CN(C)CC(O)CCC1CC1. The Hall–Kier alpha value is -0.0800. The lowest BCUT2D eigenvalue weighted by atomic mass is 10.1. The minimum Gasteiger partial charge on any atom is -0.392 e. The van der Waals surface area contributed by atoms with Crippen LogP contribution in [0.1, 0.15) is 25.7 Å². The third kappa shape index (κ3) is 4.38. The third-order valence-corrected chi connectivity index (χ3v) is 2.18. The smallest absolute Gasteiger partial charge is 0.0667 e. The Morgan fingerprint density at radius 2 is 2.09 bits per heavy atom. The molecule has 0 radical (unpaired) electrons. The lowest BCUT2D eigenvalue weighted by molar-refractivity contribution is 0.124. The quantitative estimate of drug-likeness (QED) is 0.646. The molecule has 66 valence electrons. The van der Waals surface area contributed by atoms with Gasteiger partial charge in [-0.3, -0.25) is 0 Å². The fourth-order valence-electron chi connectivity index (χ4n) is 1.35. The maximum absolute atomic E-state index is 9.45. The number of aliphatic hydroxyl groups is 1. The highest BCUT2D eigenvalue weighted by atomic mass is 16.3. The molecule has 0 aliphatic heterocycles. The Morgan fingerprint density at radius 3 is 2.55 bits per heavy atom. The van der Waals surface area contributed by atoms with Gasteiger partial charge in [-0.15, -0.1) is 0 Å². The van der Waals surface area contributed by atoms with E-state index in [4.69, 9.17) is 0 Å². The summed E-state index contributed by atoms with van der Waals surface area (Å²) in [7, 11) is 4.00. The molecule has 1 fully saturated rings. The lowest BCUT2D eigenvalue weighted by Crippen LogP contribution is -2.25. The Labute approximate surface area is 69.2 Å². The van der Waals surface area contributed by atoms with Gasteiger partial charge in [0.15, 0.2) is 0 Å². The largest absolute Gasteiger partial charge is 0.392 e. The van der Waals surface area contributed by atoms with Crippen molar-refractivity contribution in [3.05, 3.63) is 0 Å². The van der Waals surface area contributed by atoms with E-state index in [1.807, 2.05) is 19.0 Å². The summed E-state index contributed by atoms with van der Waals surface area (Å²) in [5.74, 6) is 0.951. The molecule has 0 saturated heterocycles. The van der Waals surface area contributed by atoms with Gasteiger partial charge in [0.1, 0.15) is 0 Å². The lowest BCUT2D eigenvalue weighted by Gasteiger charge is -2.15. The van der Waals surface area contributed by atoms with Crippen LogP contribution in [0.5, 0.6) is 0 Å². The van der Waals surface area contributed by atoms with Crippen LogP contribution in [0.4, 0.5) is 0 Å². The molecule has 1 rings (SSSR count). The van der Waals surface area contributed by atoms with E-state index in [1.54, 1.807) is 0 Å². The van der Waals surface area contributed by atoms with Crippen LogP contribution in [0.15, 0.2) is 0 Å². The van der Waals surface area contributed by atoms with Gasteiger partial charge in [0.25, 0.3) is 0 Å². The second-order valence-corrected chi connectivity index (χ2v) is 3.94. The van der Waals surface area contributed by atoms with E-state index in [0.717, 1.165) is 18.9 Å². The van der Waals surface area contributed by atoms with Gasteiger partial charge in [-0.05, 0) is 32.9 Å². The molecule has 11 heavy (non-hydrogen) atoms. The van der Waals surface area contributed by atoms with Crippen molar-refractivity contribution >= 4 is 0 Å². The van der Waals surface area contributed by atoms with Gasteiger partial charge in [-0.2, -0.15) is 0 Å². The van der Waals surface area contributed by atoms with Crippen LogP contribution in [0.25, 0.3) is 0 Å². The molecule has 0 aromatic rings. The second-order valence-electron chi connectivity index (χ2n) is 3.94. The Kier molecular flexibility index (Phi) is 3.34.